The minimum Gasteiger partial charge on any atom is -0.390 e. The lowest BCUT2D eigenvalue weighted by Gasteiger charge is -2.36. The second kappa shape index (κ2) is 6.91. The highest BCUT2D eigenvalue weighted by molar-refractivity contribution is 6.39. The molecule has 5 aromatic rings. The minimum absolute atomic E-state index is 0.185. The number of aromatic nitrogens is 2. The van der Waals surface area contributed by atoms with Crippen LogP contribution >= 0.6 is 0 Å². The number of benzene rings is 3. The lowest BCUT2D eigenvalue weighted by molar-refractivity contribution is -0.182. The summed E-state index contributed by atoms with van der Waals surface area (Å²) < 4.78 is 8.22. The first-order valence-corrected chi connectivity index (χ1v) is 11.7. The van der Waals surface area contributed by atoms with E-state index in [1.165, 1.54) is 11.9 Å². The lowest BCUT2D eigenvalue weighted by Crippen LogP contribution is -2.45. The van der Waals surface area contributed by atoms with E-state index in [2.05, 4.69) is 4.98 Å². The van der Waals surface area contributed by atoms with Gasteiger partial charge in [-0.2, -0.15) is 0 Å². The molecule has 4 heterocycles. The van der Waals surface area contributed by atoms with Crippen LogP contribution in [0, 0.1) is 0 Å². The van der Waals surface area contributed by atoms with Crippen molar-refractivity contribution in [3.05, 3.63) is 59.7 Å². The number of fused-ring (bicyclic) bond motifs is 10. The fourth-order valence-corrected chi connectivity index (χ4v) is 5.95. The smallest absolute Gasteiger partial charge is 0.262 e. The van der Waals surface area contributed by atoms with Gasteiger partial charge in [-0.05, 0) is 19.1 Å². The van der Waals surface area contributed by atoms with Gasteiger partial charge in [0.15, 0.2) is 0 Å². The van der Waals surface area contributed by atoms with Crippen molar-refractivity contribution in [3.8, 4) is 0 Å². The molecule has 8 nitrogen and oxygen atoms in total. The van der Waals surface area contributed by atoms with Crippen LogP contribution in [0.15, 0.2) is 48.5 Å². The summed E-state index contributed by atoms with van der Waals surface area (Å²) in [5.74, 6) is -0.655. The maximum Gasteiger partial charge on any atom is 0.262 e. The Hall–Kier alpha value is -3.72. The number of hydrogen-bond donors (Lipinski definition) is 3. The molecule has 176 valence electrons. The molecular formula is C27H23N3O5. The van der Waals surface area contributed by atoms with Gasteiger partial charge in [-0.15, -0.1) is 0 Å². The maximum atomic E-state index is 13.5. The molecule has 3 N–H and O–H groups in total. The van der Waals surface area contributed by atoms with E-state index < -0.39 is 24.5 Å². The Morgan fingerprint density at radius 1 is 0.943 bits per heavy atom. The molecule has 2 amide bonds. The van der Waals surface area contributed by atoms with E-state index in [0.717, 1.165) is 32.8 Å². The van der Waals surface area contributed by atoms with E-state index in [4.69, 9.17) is 4.74 Å². The van der Waals surface area contributed by atoms with Crippen molar-refractivity contribution in [2.24, 2.45) is 0 Å². The van der Waals surface area contributed by atoms with Crippen molar-refractivity contribution in [1.29, 1.82) is 0 Å². The van der Waals surface area contributed by atoms with E-state index in [0.29, 0.717) is 21.9 Å². The SMILES string of the molecule is C[C@@H]1O[C@@H](n2c3ccccc3c3c4c(c5c6ccccc6[nH]c5c32)C(=O)N(C)C4=O)C[C@H](O)[C@H]1O. The fraction of sp³-hybridized carbons (Fsp3) is 0.259. The highest BCUT2D eigenvalue weighted by atomic mass is 16.5. The summed E-state index contributed by atoms with van der Waals surface area (Å²) in [4.78, 5) is 31.5. The number of carbonyl (C=O) groups is 2. The van der Waals surface area contributed by atoms with Gasteiger partial charge in [0.25, 0.3) is 11.8 Å². The highest BCUT2D eigenvalue weighted by Gasteiger charge is 2.41. The van der Waals surface area contributed by atoms with Gasteiger partial charge < -0.3 is 24.5 Å². The summed E-state index contributed by atoms with van der Waals surface area (Å²) in [6, 6.07) is 15.4. The standard InChI is InChI=1S/C27H23N3O5/c1-12-25(32)17(31)11-18(35-12)30-16-10-6-4-8-14(16)20-22-21(26(33)29(2)27(22)34)19-13-7-3-5-9-15(13)28-23(19)24(20)30/h3-10,12,17-18,25,28,31-32H,11H2,1-2H3/t12-,17-,18+,25-/m0/s1. The first-order chi connectivity index (χ1) is 16.9. The van der Waals surface area contributed by atoms with Gasteiger partial charge in [0.05, 0.1) is 39.9 Å². The third kappa shape index (κ3) is 2.51. The molecule has 0 aliphatic carbocycles. The van der Waals surface area contributed by atoms with Gasteiger partial charge in [0.1, 0.15) is 12.3 Å². The lowest BCUT2D eigenvalue weighted by atomic mass is 9.96. The number of hydrogen-bond acceptors (Lipinski definition) is 5. The largest absolute Gasteiger partial charge is 0.390 e. The number of carbonyl (C=O) groups excluding carboxylic acids is 2. The van der Waals surface area contributed by atoms with Crippen LogP contribution in [0.25, 0.3) is 43.6 Å². The number of para-hydroxylation sites is 2. The maximum absolute atomic E-state index is 13.5. The molecule has 2 aromatic heterocycles. The summed E-state index contributed by atoms with van der Waals surface area (Å²) in [6.45, 7) is 1.74. The molecular weight excluding hydrogens is 446 g/mol. The van der Waals surface area contributed by atoms with Gasteiger partial charge in [0.2, 0.25) is 0 Å². The predicted octanol–water partition coefficient (Wildman–Crippen LogP) is 3.68. The van der Waals surface area contributed by atoms with Gasteiger partial charge in [0, 0.05) is 40.5 Å². The van der Waals surface area contributed by atoms with Crippen molar-refractivity contribution in [3.63, 3.8) is 0 Å². The average Bonchev–Trinajstić information content (AvgIpc) is 3.47. The number of rotatable bonds is 1. The number of amides is 2. The zero-order valence-electron chi connectivity index (χ0n) is 19.1. The van der Waals surface area contributed by atoms with Gasteiger partial charge in [-0.25, -0.2) is 0 Å². The van der Waals surface area contributed by atoms with Crippen molar-refractivity contribution < 1.29 is 24.5 Å². The Morgan fingerprint density at radius 2 is 1.60 bits per heavy atom. The molecule has 0 saturated carbocycles. The second-order valence-corrected chi connectivity index (χ2v) is 9.54. The summed E-state index contributed by atoms with van der Waals surface area (Å²) in [5.41, 5.74) is 3.97. The molecule has 7 rings (SSSR count). The second-order valence-electron chi connectivity index (χ2n) is 9.54. The molecule has 0 bridgehead atoms. The molecule has 3 aromatic carbocycles. The van der Waals surface area contributed by atoms with E-state index in [1.54, 1.807) is 6.92 Å². The Kier molecular flexibility index (Phi) is 4.08. The number of aliphatic hydroxyl groups excluding tert-OH is 2. The number of imide groups is 1. The van der Waals surface area contributed by atoms with Gasteiger partial charge >= 0.3 is 0 Å². The van der Waals surface area contributed by atoms with E-state index >= 15 is 0 Å². The van der Waals surface area contributed by atoms with Crippen LogP contribution in [0.1, 0.15) is 40.3 Å². The number of ether oxygens (including phenoxy) is 1. The predicted molar refractivity (Wildman–Crippen MR) is 131 cm³/mol. The summed E-state index contributed by atoms with van der Waals surface area (Å²) in [6.07, 6.45) is -2.91. The van der Waals surface area contributed by atoms with Crippen LogP contribution in [-0.2, 0) is 4.74 Å². The van der Waals surface area contributed by atoms with Crippen LogP contribution in [0.5, 0.6) is 0 Å². The third-order valence-electron chi connectivity index (χ3n) is 7.62. The summed E-state index contributed by atoms with van der Waals surface area (Å²) in [7, 11) is 1.51. The van der Waals surface area contributed by atoms with Crippen LogP contribution in [-0.4, -0.2) is 61.8 Å². The molecule has 35 heavy (non-hydrogen) atoms. The quantitative estimate of drug-likeness (QED) is 0.325. The molecule has 8 heteroatoms. The van der Waals surface area contributed by atoms with Crippen molar-refractivity contribution >= 4 is 55.4 Å². The summed E-state index contributed by atoms with van der Waals surface area (Å²) >= 11 is 0. The molecule has 0 spiro atoms. The molecule has 1 fully saturated rings. The molecule has 0 unspecified atom stereocenters. The molecule has 2 aliphatic heterocycles. The Balaban J connectivity index is 1.72. The van der Waals surface area contributed by atoms with Gasteiger partial charge in [-0.3, -0.25) is 14.5 Å². The molecule has 0 radical (unpaired) electrons. The minimum atomic E-state index is -0.982. The van der Waals surface area contributed by atoms with Gasteiger partial charge in [-0.1, -0.05) is 36.4 Å². The van der Waals surface area contributed by atoms with Crippen molar-refractivity contribution in [2.45, 2.75) is 37.9 Å². The topological polar surface area (TPSA) is 108 Å². The normalized spacial score (nSPS) is 25.0. The number of H-pyrrole nitrogens is 1. The fourth-order valence-electron chi connectivity index (χ4n) is 5.95. The van der Waals surface area contributed by atoms with E-state index in [1.807, 2.05) is 53.1 Å². The van der Waals surface area contributed by atoms with E-state index in [-0.39, 0.29) is 18.2 Å². The Labute approximate surface area is 199 Å². The van der Waals surface area contributed by atoms with Crippen LogP contribution in [0.3, 0.4) is 0 Å². The van der Waals surface area contributed by atoms with Crippen LogP contribution in [0.2, 0.25) is 0 Å². The Morgan fingerprint density at radius 3 is 2.34 bits per heavy atom. The third-order valence-corrected chi connectivity index (χ3v) is 7.62. The Bertz CT molecular complexity index is 1720. The highest BCUT2D eigenvalue weighted by Crippen LogP contribution is 2.46. The molecule has 2 aliphatic rings. The number of nitrogens with one attached hydrogen (secondary N) is 1. The zero-order valence-corrected chi connectivity index (χ0v) is 19.1. The van der Waals surface area contributed by atoms with Crippen LogP contribution in [0.4, 0.5) is 0 Å². The van der Waals surface area contributed by atoms with E-state index in [9.17, 15) is 19.8 Å². The van der Waals surface area contributed by atoms with Crippen LogP contribution < -0.4 is 0 Å². The monoisotopic (exact) mass is 469 g/mol. The van der Waals surface area contributed by atoms with Crippen molar-refractivity contribution in [2.75, 3.05) is 7.05 Å². The zero-order chi connectivity index (χ0) is 24.2. The summed E-state index contributed by atoms with van der Waals surface area (Å²) in [5, 5.41) is 24.0. The number of nitrogens with zero attached hydrogens (tertiary/aromatic N) is 2. The molecule has 1 saturated heterocycles. The first-order valence-electron chi connectivity index (χ1n) is 11.7. The molecule has 4 atom stereocenters. The number of aliphatic hydroxyl groups is 2. The average molecular weight is 469 g/mol. The number of aromatic amines is 1. The van der Waals surface area contributed by atoms with Crippen molar-refractivity contribution in [1.82, 2.24) is 14.5 Å². The first kappa shape index (κ1) is 20.6.